The van der Waals surface area contributed by atoms with E-state index in [9.17, 15) is 9.90 Å². The SMILES string of the molecule is CC(=O)N1c2ccccc2[C@]23CCN(C)[C@H]2C[C@@H]2[C@@H](CO[C@H](C)[C@H]2CO)[C@H]13. The van der Waals surface area contributed by atoms with Gasteiger partial charge in [-0.2, -0.15) is 0 Å². The van der Waals surface area contributed by atoms with Crippen LogP contribution in [-0.4, -0.2) is 60.9 Å². The van der Waals surface area contributed by atoms with Crippen LogP contribution in [0.2, 0.25) is 0 Å². The third-order valence-electron chi connectivity index (χ3n) is 8.18. The molecule has 1 N–H and O–H groups in total. The molecule has 27 heavy (non-hydrogen) atoms. The molecule has 3 fully saturated rings. The van der Waals surface area contributed by atoms with Crippen LogP contribution >= 0.6 is 0 Å². The Labute approximate surface area is 161 Å². The summed E-state index contributed by atoms with van der Waals surface area (Å²) in [6.07, 6.45) is 2.24. The monoisotopic (exact) mass is 370 g/mol. The van der Waals surface area contributed by atoms with Crippen molar-refractivity contribution in [3.05, 3.63) is 29.8 Å². The fourth-order valence-electron chi connectivity index (χ4n) is 7.07. The molecule has 3 heterocycles. The van der Waals surface area contributed by atoms with Crippen LogP contribution < -0.4 is 4.90 Å². The Bertz CT molecular complexity index is 768. The lowest BCUT2D eigenvalue weighted by Crippen LogP contribution is -2.65. The summed E-state index contributed by atoms with van der Waals surface area (Å²) >= 11 is 0. The van der Waals surface area contributed by atoms with Crippen LogP contribution in [0.3, 0.4) is 0 Å². The number of benzene rings is 1. The Morgan fingerprint density at radius 1 is 1.33 bits per heavy atom. The average Bonchev–Trinajstić information content (AvgIpc) is 3.15. The molecule has 1 saturated carbocycles. The minimum absolute atomic E-state index is 0.0118. The number of amides is 1. The highest BCUT2D eigenvalue weighted by Crippen LogP contribution is 2.62. The highest BCUT2D eigenvalue weighted by atomic mass is 16.5. The van der Waals surface area contributed by atoms with Crippen molar-refractivity contribution in [1.29, 1.82) is 0 Å². The third kappa shape index (κ3) is 2.13. The highest BCUT2D eigenvalue weighted by Gasteiger charge is 2.67. The van der Waals surface area contributed by atoms with E-state index >= 15 is 0 Å². The molecule has 1 spiro atoms. The molecular weight excluding hydrogens is 340 g/mol. The summed E-state index contributed by atoms with van der Waals surface area (Å²) in [6, 6.07) is 9.06. The smallest absolute Gasteiger partial charge is 0.224 e. The van der Waals surface area contributed by atoms with Crippen molar-refractivity contribution in [1.82, 2.24) is 4.90 Å². The Balaban J connectivity index is 1.70. The van der Waals surface area contributed by atoms with Crippen LogP contribution in [-0.2, 0) is 14.9 Å². The number of ether oxygens (including phenoxy) is 1. The van der Waals surface area contributed by atoms with Crippen molar-refractivity contribution in [3.63, 3.8) is 0 Å². The number of likely N-dealkylation sites (tertiary alicyclic amines) is 1. The molecule has 5 heteroatoms. The third-order valence-corrected chi connectivity index (χ3v) is 8.18. The fraction of sp³-hybridized carbons (Fsp3) is 0.682. The summed E-state index contributed by atoms with van der Waals surface area (Å²) in [4.78, 5) is 17.4. The van der Waals surface area contributed by atoms with Crippen molar-refractivity contribution < 1.29 is 14.6 Å². The average molecular weight is 370 g/mol. The van der Waals surface area contributed by atoms with E-state index in [2.05, 4.69) is 42.0 Å². The summed E-state index contributed by atoms with van der Waals surface area (Å²) in [5.74, 6) is 0.932. The van der Waals surface area contributed by atoms with Gasteiger partial charge in [0.05, 0.1) is 18.8 Å². The summed E-state index contributed by atoms with van der Waals surface area (Å²) < 4.78 is 6.15. The molecule has 5 nitrogen and oxygen atoms in total. The topological polar surface area (TPSA) is 53.0 Å². The Morgan fingerprint density at radius 3 is 2.85 bits per heavy atom. The van der Waals surface area contributed by atoms with Gasteiger partial charge in [-0.05, 0) is 50.9 Å². The number of rotatable bonds is 1. The van der Waals surface area contributed by atoms with Crippen molar-refractivity contribution >= 4 is 11.6 Å². The molecule has 146 valence electrons. The zero-order valence-electron chi connectivity index (χ0n) is 16.5. The molecule has 0 unspecified atom stereocenters. The van der Waals surface area contributed by atoms with Crippen LogP contribution in [0.1, 0.15) is 32.3 Å². The minimum atomic E-state index is -0.0118. The zero-order valence-corrected chi connectivity index (χ0v) is 16.5. The zero-order chi connectivity index (χ0) is 18.9. The van der Waals surface area contributed by atoms with Gasteiger partial charge in [-0.25, -0.2) is 0 Å². The first-order valence-electron chi connectivity index (χ1n) is 10.3. The number of carbonyl (C=O) groups excluding carboxylic acids is 1. The number of para-hydroxylation sites is 1. The van der Waals surface area contributed by atoms with Crippen LogP contribution in [0.4, 0.5) is 5.69 Å². The Hall–Kier alpha value is -1.43. The number of likely N-dealkylation sites (N-methyl/N-ethyl adjacent to an activating group) is 1. The maximum absolute atomic E-state index is 12.8. The van der Waals surface area contributed by atoms with Gasteiger partial charge in [0.1, 0.15) is 0 Å². The maximum atomic E-state index is 12.8. The quantitative estimate of drug-likeness (QED) is 0.822. The van der Waals surface area contributed by atoms with Gasteiger partial charge in [-0.1, -0.05) is 18.2 Å². The lowest BCUT2D eigenvalue weighted by atomic mass is 9.55. The second-order valence-corrected chi connectivity index (χ2v) is 9.09. The van der Waals surface area contributed by atoms with E-state index in [4.69, 9.17) is 4.74 Å². The van der Waals surface area contributed by atoms with Gasteiger partial charge in [0.2, 0.25) is 5.91 Å². The molecule has 4 aliphatic rings. The van der Waals surface area contributed by atoms with Gasteiger partial charge in [0.25, 0.3) is 0 Å². The molecule has 3 aliphatic heterocycles. The molecule has 1 amide bonds. The van der Waals surface area contributed by atoms with E-state index in [0.29, 0.717) is 18.6 Å². The summed E-state index contributed by atoms with van der Waals surface area (Å²) in [7, 11) is 2.23. The molecule has 0 aromatic heterocycles. The minimum Gasteiger partial charge on any atom is -0.396 e. The first-order valence-corrected chi connectivity index (χ1v) is 10.3. The maximum Gasteiger partial charge on any atom is 0.224 e. The van der Waals surface area contributed by atoms with E-state index < -0.39 is 0 Å². The van der Waals surface area contributed by atoms with Crippen LogP contribution in [0, 0.1) is 17.8 Å². The van der Waals surface area contributed by atoms with Crippen molar-refractivity contribution in [2.45, 2.75) is 50.3 Å². The molecule has 7 atom stereocenters. The fourth-order valence-corrected chi connectivity index (χ4v) is 7.07. The molecule has 0 bridgehead atoms. The van der Waals surface area contributed by atoms with Gasteiger partial charge in [0, 0.05) is 42.5 Å². The predicted octanol–water partition coefficient (Wildman–Crippen LogP) is 2.03. The van der Waals surface area contributed by atoms with Crippen molar-refractivity contribution in [2.24, 2.45) is 17.8 Å². The second kappa shape index (κ2) is 6.03. The van der Waals surface area contributed by atoms with E-state index in [1.807, 2.05) is 6.07 Å². The molecule has 1 aromatic rings. The summed E-state index contributed by atoms with van der Waals surface area (Å²) in [5.41, 5.74) is 2.43. The van der Waals surface area contributed by atoms with Crippen LogP contribution in [0.5, 0.6) is 0 Å². The molecule has 1 aromatic carbocycles. The van der Waals surface area contributed by atoms with E-state index in [-0.39, 0.29) is 41.9 Å². The van der Waals surface area contributed by atoms with E-state index in [0.717, 1.165) is 25.1 Å². The number of fused-ring (bicyclic) bond motifs is 3. The number of aliphatic hydroxyl groups excluding tert-OH is 1. The number of anilines is 1. The lowest BCUT2D eigenvalue weighted by Gasteiger charge is -2.56. The largest absolute Gasteiger partial charge is 0.396 e. The Morgan fingerprint density at radius 2 is 2.11 bits per heavy atom. The molecule has 0 radical (unpaired) electrons. The van der Waals surface area contributed by atoms with E-state index in [1.54, 1.807) is 6.92 Å². The number of aliphatic hydroxyl groups is 1. The molecular formula is C22H30N2O3. The Kier molecular flexibility index (Phi) is 3.94. The van der Waals surface area contributed by atoms with Gasteiger partial charge in [-0.3, -0.25) is 4.79 Å². The highest BCUT2D eigenvalue weighted by molar-refractivity contribution is 5.96. The normalized spacial score (nSPS) is 43.0. The summed E-state index contributed by atoms with van der Waals surface area (Å²) in [5, 5.41) is 10.1. The molecule has 1 aliphatic carbocycles. The van der Waals surface area contributed by atoms with Crippen molar-refractivity contribution in [3.8, 4) is 0 Å². The first-order chi connectivity index (χ1) is 13.0. The summed E-state index contributed by atoms with van der Waals surface area (Å²) in [6.45, 7) is 5.68. The van der Waals surface area contributed by atoms with Gasteiger partial charge < -0.3 is 19.6 Å². The van der Waals surface area contributed by atoms with Crippen LogP contribution in [0.25, 0.3) is 0 Å². The molecule has 5 rings (SSSR count). The number of hydrogen-bond donors (Lipinski definition) is 1. The predicted molar refractivity (Wildman–Crippen MR) is 104 cm³/mol. The number of hydrogen-bond acceptors (Lipinski definition) is 4. The standard InChI is InChI=1S/C22H30N2O3/c1-13-16(11-25)15-10-20-22(8-9-23(20)3)18-6-4-5-7-19(18)24(14(2)26)21(22)17(15)12-27-13/h4-7,13,15-17,20-21,25H,8-12H2,1-3H3/t13-,15+,16-,17-,20+,21+,22-/m1/s1. The van der Waals surface area contributed by atoms with Gasteiger partial charge in [-0.15, -0.1) is 0 Å². The van der Waals surface area contributed by atoms with Gasteiger partial charge in [0.15, 0.2) is 0 Å². The number of nitrogens with zero attached hydrogens (tertiary/aromatic N) is 2. The number of carbonyl (C=O) groups is 1. The van der Waals surface area contributed by atoms with Crippen LogP contribution in [0.15, 0.2) is 24.3 Å². The second-order valence-electron chi connectivity index (χ2n) is 9.09. The van der Waals surface area contributed by atoms with E-state index in [1.165, 1.54) is 5.56 Å². The van der Waals surface area contributed by atoms with Gasteiger partial charge >= 0.3 is 0 Å². The van der Waals surface area contributed by atoms with Crippen molar-refractivity contribution in [2.75, 3.05) is 31.7 Å². The first kappa shape index (κ1) is 17.7. The lowest BCUT2D eigenvalue weighted by molar-refractivity contribution is -0.136. The molecule has 2 saturated heterocycles.